The van der Waals surface area contributed by atoms with E-state index in [4.69, 9.17) is 10.5 Å². The van der Waals surface area contributed by atoms with Crippen LogP contribution in [0.2, 0.25) is 0 Å². The fourth-order valence-corrected chi connectivity index (χ4v) is 2.21. The molecule has 0 atom stereocenters. The Morgan fingerprint density at radius 3 is 2.81 bits per heavy atom. The summed E-state index contributed by atoms with van der Waals surface area (Å²) < 4.78 is 8.73. The molecule has 0 aliphatic heterocycles. The minimum absolute atomic E-state index is 0.216. The summed E-state index contributed by atoms with van der Waals surface area (Å²) in [5.74, 6) is 0.720. The van der Waals surface area contributed by atoms with Gasteiger partial charge < -0.3 is 15.0 Å². The van der Waals surface area contributed by atoms with Gasteiger partial charge in [0.2, 0.25) is 0 Å². The minimum atomic E-state index is -0.462. The number of carbonyl (C=O) groups excluding carboxylic acids is 1. The summed E-state index contributed by atoms with van der Waals surface area (Å²) >= 11 is 0. The van der Waals surface area contributed by atoms with Gasteiger partial charge in [0.05, 0.1) is 6.61 Å². The number of aryl methyl sites for hydroxylation is 2. The maximum Gasteiger partial charge on any atom is 0.360 e. The quantitative estimate of drug-likeness (QED) is 0.781. The molecule has 0 aliphatic carbocycles. The summed E-state index contributed by atoms with van der Waals surface area (Å²) in [6.45, 7) is 5.55. The van der Waals surface area contributed by atoms with E-state index in [-0.39, 0.29) is 5.69 Å². The summed E-state index contributed by atoms with van der Waals surface area (Å²) in [5, 5.41) is 4.16. The minimum Gasteiger partial charge on any atom is -0.461 e. The summed E-state index contributed by atoms with van der Waals surface area (Å²) in [6, 6.07) is 1.89. The van der Waals surface area contributed by atoms with Gasteiger partial charge in [-0.15, -0.1) is 0 Å². The molecule has 0 saturated heterocycles. The third-order valence-electron chi connectivity index (χ3n) is 3.20. The molecule has 0 bridgehead atoms. The number of esters is 1. The van der Waals surface area contributed by atoms with Crippen molar-refractivity contribution in [2.75, 3.05) is 12.3 Å². The van der Waals surface area contributed by atoms with Gasteiger partial charge in [0.15, 0.2) is 5.69 Å². The van der Waals surface area contributed by atoms with Crippen LogP contribution in [0.1, 0.15) is 36.6 Å². The van der Waals surface area contributed by atoms with Crippen molar-refractivity contribution in [2.45, 2.75) is 39.8 Å². The molecule has 2 rings (SSSR count). The smallest absolute Gasteiger partial charge is 0.360 e. The highest BCUT2D eigenvalue weighted by Crippen LogP contribution is 2.17. The molecule has 114 valence electrons. The highest BCUT2D eigenvalue weighted by molar-refractivity contribution is 5.92. The van der Waals surface area contributed by atoms with Crippen molar-refractivity contribution >= 4 is 11.8 Å². The van der Waals surface area contributed by atoms with Crippen LogP contribution in [0, 0.1) is 0 Å². The number of nitrogen functional groups attached to an aromatic ring is 1. The van der Waals surface area contributed by atoms with E-state index in [2.05, 4.69) is 10.1 Å². The van der Waals surface area contributed by atoms with Gasteiger partial charge in [0.1, 0.15) is 11.6 Å². The molecule has 7 nitrogen and oxygen atoms in total. The first-order chi connectivity index (χ1) is 10.2. The first kappa shape index (κ1) is 15.1. The molecule has 2 aromatic rings. The number of anilines is 1. The van der Waals surface area contributed by atoms with Gasteiger partial charge in [0.25, 0.3) is 0 Å². The average Bonchev–Trinajstić information content (AvgIpc) is 3.08. The highest BCUT2D eigenvalue weighted by Gasteiger charge is 2.20. The lowest BCUT2D eigenvalue weighted by molar-refractivity contribution is 0.0521. The molecule has 2 aromatic heterocycles. The van der Waals surface area contributed by atoms with Crippen LogP contribution < -0.4 is 5.73 Å². The van der Waals surface area contributed by atoms with Gasteiger partial charge in [0, 0.05) is 31.9 Å². The summed E-state index contributed by atoms with van der Waals surface area (Å²) in [7, 11) is 0. The number of ether oxygens (including phenoxy) is 1. The fraction of sp³-hybridized carbons (Fsp3) is 0.500. The van der Waals surface area contributed by atoms with E-state index in [1.165, 1.54) is 0 Å². The van der Waals surface area contributed by atoms with Gasteiger partial charge in [-0.2, -0.15) is 5.10 Å². The van der Waals surface area contributed by atoms with E-state index in [9.17, 15) is 4.79 Å². The SMILES string of the molecule is CCOC(=O)c1nc(CC)n(CCCn2cccn2)c1N. The second-order valence-electron chi connectivity index (χ2n) is 4.61. The molecule has 21 heavy (non-hydrogen) atoms. The number of nitrogens with two attached hydrogens (primary N) is 1. The van der Waals surface area contributed by atoms with Gasteiger partial charge in [-0.25, -0.2) is 9.78 Å². The zero-order chi connectivity index (χ0) is 15.2. The van der Waals surface area contributed by atoms with Crippen molar-refractivity contribution in [1.29, 1.82) is 0 Å². The van der Waals surface area contributed by atoms with E-state index in [0.717, 1.165) is 18.8 Å². The zero-order valence-corrected chi connectivity index (χ0v) is 12.5. The lowest BCUT2D eigenvalue weighted by atomic mass is 10.3. The zero-order valence-electron chi connectivity index (χ0n) is 12.5. The number of carbonyl (C=O) groups is 1. The highest BCUT2D eigenvalue weighted by atomic mass is 16.5. The lowest BCUT2D eigenvalue weighted by Crippen LogP contribution is -2.12. The molecule has 7 heteroatoms. The Labute approximate surface area is 123 Å². The lowest BCUT2D eigenvalue weighted by Gasteiger charge is -2.09. The van der Waals surface area contributed by atoms with Crippen LogP contribution in [0.5, 0.6) is 0 Å². The number of imidazole rings is 1. The second-order valence-corrected chi connectivity index (χ2v) is 4.61. The van der Waals surface area contributed by atoms with Crippen molar-refractivity contribution in [3.8, 4) is 0 Å². The predicted molar refractivity (Wildman–Crippen MR) is 78.8 cm³/mol. The van der Waals surface area contributed by atoms with Gasteiger partial charge >= 0.3 is 5.97 Å². The van der Waals surface area contributed by atoms with Gasteiger partial charge in [-0.1, -0.05) is 6.92 Å². The predicted octanol–water partition coefficient (Wildman–Crippen LogP) is 1.49. The normalized spacial score (nSPS) is 10.8. The number of rotatable bonds is 7. The van der Waals surface area contributed by atoms with Crippen LogP contribution in [-0.2, 0) is 24.2 Å². The van der Waals surface area contributed by atoms with E-state index in [1.807, 2.05) is 28.4 Å². The van der Waals surface area contributed by atoms with Crippen molar-refractivity contribution < 1.29 is 9.53 Å². The van der Waals surface area contributed by atoms with Crippen LogP contribution in [0.3, 0.4) is 0 Å². The van der Waals surface area contributed by atoms with Gasteiger partial charge in [-0.05, 0) is 19.4 Å². The van der Waals surface area contributed by atoms with Crippen LogP contribution in [0.4, 0.5) is 5.82 Å². The van der Waals surface area contributed by atoms with Crippen LogP contribution in [-0.4, -0.2) is 31.9 Å². The van der Waals surface area contributed by atoms with Crippen molar-refractivity contribution in [3.05, 3.63) is 30.0 Å². The van der Waals surface area contributed by atoms with Crippen LogP contribution >= 0.6 is 0 Å². The van der Waals surface area contributed by atoms with E-state index < -0.39 is 5.97 Å². The number of aromatic nitrogens is 4. The Kier molecular flexibility index (Phi) is 4.97. The third kappa shape index (κ3) is 3.42. The maximum absolute atomic E-state index is 11.8. The summed E-state index contributed by atoms with van der Waals surface area (Å²) in [5.41, 5.74) is 6.26. The first-order valence-corrected chi connectivity index (χ1v) is 7.16. The Balaban J connectivity index is 2.08. The number of hydrogen-bond acceptors (Lipinski definition) is 5. The Morgan fingerprint density at radius 1 is 1.38 bits per heavy atom. The molecular formula is C14H21N5O2. The molecular weight excluding hydrogens is 270 g/mol. The molecule has 0 amide bonds. The maximum atomic E-state index is 11.8. The topological polar surface area (TPSA) is 88.0 Å². The Hall–Kier alpha value is -2.31. The molecule has 0 fully saturated rings. The number of nitrogens with zero attached hydrogens (tertiary/aromatic N) is 4. The summed E-state index contributed by atoms with van der Waals surface area (Å²) in [4.78, 5) is 16.1. The summed E-state index contributed by atoms with van der Waals surface area (Å²) in [6.07, 6.45) is 5.24. The van der Waals surface area contributed by atoms with Crippen molar-refractivity contribution in [2.24, 2.45) is 0 Å². The van der Waals surface area contributed by atoms with E-state index in [0.29, 0.717) is 25.4 Å². The van der Waals surface area contributed by atoms with Crippen LogP contribution in [0.15, 0.2) is 18.5 Å². The molecule has 0 aliphatic rings. The monoisotopic (exact) mass is 291 g/mol. The Bertz CT molecular complexity index is 589. The first-order valence-electron chi connectivity index (χ1n) is 7.16. The Morgan fingerprint density at radius 2 is 2.19 bits per heavy atom. The molecule has 0 radical (unpaired) electrons. The molecule has 0 spiro atoms. The standard InChI is InChI=1S/C14H21N5O2/c1-3-11-17-12(14(20)21-4-2)13(15)19(11)10-6-9-18-8-5-7-16-18/h5,7-8H,3-4,6,9-10,15H2,1-2H3. The largest absolute Gasteiger partial charge is 0.461 e. The van der Waals surface area contributed by atoms with Gasteiger partial charge in [-0.3, -0.25) is 4.68 Å². The van der Waals surface area contributed by atoms with Crippen LogP contribution in [0.25, 0.3) is 0 Å². The van der Waals surface area contributed by atoms with E-state index in [1.54, 1.807) is 13.1 Å². The molecule has 2 heterocycles. The fourth-order valence-electron chi connectivity index (χ4n) is 2.21. The molecule has 0 saturated carbocycles. The average molecular weight is 291 g/mol. The van der Waals surface area contributed by atoms with Crippen molar-refractivity contribution in [3.63, 3.8) is 0 Å². The van der Waals surface area contributed by atoms with Crippen molar-refractivity contribution in [1.82, 2.24) is 19.3 Å². The third-order valence-corrected chi connectivity index (χ3v) is 3.20. The second kappa shape index (κ2) is 6.92. The number of hydrogen-bond donors (Lipinski definition) is 1. The molecule has 2 N–H and O–H groups in total. The molecule has 0 aromatic carbocycles. The molecule has 0 unspecified atom stereocenters. The van der Waals surface area contributed by atoms with E-state index >= 15 is 0 Å².